The molecule has 0 saturated carbocycles. The summed E-state index contributed by atoms with van der Waals surface area (Å²) in [4.78, 5) is 0. The highest BCUT2D eigenvalue weighted by atomic mass is 16.5. The largest absolute Gasteiger partial charge is 0.496 e. The fraction of sp³-hybridized carbons (Fsp3) is 0.625. The SMILES string of the molecule is COc1ccccc1CNCCCCCNCCCCCCNCCCCCNCc1ccccc1OC. The molecule has 214 valence electrons. The van der Waals surface area contributed by atoms with Crippen molar-refractivity contribution in [3.05, 3.63) is 59.7 Å². The molecule has 0 aliphatic heterocycles. The first-order valence-electron chi connectivity index (χ1n) is 14.9. The number of hydrogen-bond donors (Lipinski definition) is 4. The normalized spacial score (nSPS) is 11.1. The molecule has 4 N–H and O–H groups in total. The van der Waals surface area contributed by atoms with Crippen LogP contribution in [0.1, 0.15) is 75.3 Å². The Morgan fingerprint density at radius 1 is 0.421 bits per heavy atom. The van der Waals surface area contributed by atoms with E-state index in [2.05, 4.69) is 45.5 Å². The third kappa shape index (κ3) is 15.3. The minimum absolute atomic E-state index is 0.877. The van der Waals surface area contributed by atoms with Gasteiger partial charge in [-0.15, -0.1) is 0 Å². The fourth-order valence-electron chi connectivity index (χ4n) is 4.60. The van der Waals surface area contributed by atoms with Gasteiger partial charge in [-0.05, 0) is 89.9 Å². The molecule has 0 amide bonds. The van der Waals surface area contributed by atoms with E-state index in [0.29, 0.717) is 0 Å². The Bertz CT molecular complexity index is 750. The predicted molar refractivity (Wildman–Crippen MR) is 161 cm³/mol. The topological polar surface area (TPSA) is 66.6 Å². The van der Waals surface area contributed by atoms with Gasteiger partial charge in [0, 0.05) is 24.2 Å². The van der Waals surface area contributed by atoms with Crippen LogP contribution in [-0.4, -0.2) is 53.5 Å². The van der Waals surface area contributed by atoms with Crippen molar-refractivity contribution in [2.75, 3.05) is 53.5 Å². The summed E-state index contributed by atoms with van der Waals surface area (Å²) in [5.41, 5.74) is 2.46. The fourth-order valence-corrected chi connectivity index (χ4v) is 4.60. The summed E-state index contributed by atoms with van der Waals surface area (Å²) in [6.45, 7) is 8.48. The summed E-state index contributed by atoms with van der Waals surface area (Å²) in [5, 5.41) is 14.3. The van der Waals surface area contributed by atoms with E-state index < -0.39 is 0 Å². The monoisotopic (exact) mass is 526 g/mol. The Balaban J connectivity index is 1.24. The quantitative estimate of drug-likeness (QED) is 0.125. The van der Waals surface area contributed by atoms with Gasteiger partial charge in [0.25, 0.3) is 0 Å². The lowest BCUT2D eigenvalue weighted by atomic mass is 10.1. The minimum Gasteiger partial charge on any atom is -0.496 e. The molecule has 0 fully saturated rings. The first kappa shape index (κ1) is 32.1. The van der Waals surface area contributed by atoms with E-state index in [9.17, 15) is 0 Å². The Kier molecular flexibility index (Phi) is 19.3. The zero-order valence-electron chi connectivity index (χ0n) is 24.2. The number of para-hydroxylation sites is 2. The van der Waals surface area contributed by atoms with Crippen molar-refractivity contribution in [1.29, 1.82) is 0 Å². The van der Waals surface area contributed by atoms with Crippen LogP contribution in [0.15, 0.2) is 48.5 Å². The van der Waals surface area contributed by atoms with Crippen LogP contribution in [0.4, 0.5) is 0 Å². The van der Waals surface area contributed by atoms with Crippen LogP contribution in [0, 0.1) is 0 Å². The van der Waals surface area contributed by atoms with E-state index in [4.69, 9.17) is 9.47 Å². The van der Waals surface area contributed by atoms with Crippen molar-refractivity contribution in [3.63, 3.8) is 0 Å². The van der Waals surface area contributed by atoms with Crippen LogP contribution in [0.5, 0.6) is 11.5 Å². The van der Waals surface area contributed by atoms with Gasteiger partial charge in [-0.25, -0.2) is 0 Å². The molecule has 2 aromatic carbocycles. The van der Waals surface area contributed by atoms with E-state index in [1.807, 2.05) is 24.3 Å². The molecule has 0 radical (unpaired) electrons. The van der Waals surface area contributed by atoms with Crippen LogP contribution in [0.3, 0.4) is 0 Å². The number of nitrogens with one attached hydrogen (secondary N) is 4. The van der Waals surface area contributed by atoms with Gasteiger partial charge in [-0.1, -0.05) is 62.1 Å². The molecule has 0 aliphatic carbocycles. The Hall–Kier alpha value is -2.12. The van der Waals surface area contributed by atoms with Crippen molar-refractivity contribution < 1.29 is 9.47 Å². The van der Waals surface area contributed by atoms with Crippen molar-refractivity contribution in [2.45, 2.75) is 77.3 Å². The molecular weight excluding hydrogens is 472 g/mol. The van der Waals surface area contributed by atoms with Crippen molar-refractivity contribution in [1.82, 2.24) is 21.3 Å². The van der Waals surface area contributed by atoms with Gasteiger partial charge in [0.15, 0.2) is 0 Å². The van der Waals surface area contributed by atoms with Crippen molar-refractivity contribution in [3.8, 4) is 11.5 Å². The summed E-state index contributed by atoms with van der Waals surface area (Å²) in [7, 11) is 3.47. The van der Waals surface area contributed by atoms with Gasteiger partial charge in [0.1, 0.15) is 11.5 Å². The molecule has 0 aromatic heterocycles. The molecule has 0 heterocycles. The van der Waals surface area contributed by atoms with Gasteiger partial charge in [0.05, 0.1) is 14.2 Å². The molecule has 2 rings (SSSR count). The maximum Gasteiger partial charge on any atom is 0.123 e. The van der Waals surface area contributed by atoms with Crippen LogP contribution in [0.2, 0.25) is 0 Å². The smallest absolute Gasteiger partial charge is 0.123 e. The van der Waals surface area contributed by atoms with Crippen molar-refractivity contribution >= 4 is 0 Å². The molecule has 0 saturated heterocycles. The maximum atomic E-state index is 5.40. The molecular formula is C32H54N4O2. The highest BCUT2D eigenvalue weighted by Crippen LogP contribution is 2.17. The second-order valence-electron chi connectivity index (χ2n) is 10.0. The average Bonchev–Trinajstić information content (AvgIpc) is 2.96. The lowest BCUT2D eigenvalue weighted by molar-refractivity contribution is 0.407. The van der Waals surface area contributed by atoms with E-state index >= 15 is 0 Å². The molecule has 0 atom stereocenters. The molecule has 2 aromatic rings. The van der Waals surface area contributed by atoms with Crippen LogP contribution >= 0.6 is 0 Å². The molecule has 0 unspecified atom stereocenters. The van der Waals surface area contributed by atoms with Gasteiger partial charge in [-0.2, -0.15) is 0 Å². The highest BCUT2D eigenvalue weighted by molar-refractivity contribution is 5.33. The average molecular weight is 527 g/mol. The van der Waals surface area contributed by atoms with Crippen LogP contribution in [-0.2, 0) is 13.1 Å². The van der Waals surface area contributed by atoms with E-state index in [0.717, 1.165) is 63.9 Å². The minimum atomic E-state index is 0.877. The van der Waals surface area contributed by atoms with Gasteiger partial charge in [0.2, 0.25) is 0 Å². The first-order chi connectivity index (χ1) is 18.8. The van der Waals surface area contributed by atoms with Gasteiger partial charge >= 0.3 is 0 Å². The molecule has 38 heavy (non-hydrogen) atoms. The van der Waals surface area contributed by atoms with Gasteiger partial charge < -0.3 is 30.7 Å². The van der Waals surface area contributed by atoms with E-state index in [1.54, 1.807) is 14.2 Å². The number of hydrogen-bond acceptors (Lipinski definition) is 6. The van der Waals surface area contributed by atoms with Crippen LogP contribution in [0.25, 0.3) is 0 Å². The highest BCUT2D eigenvalue weighted by Gasteiger charge is 2.01. The maximum absolute atomic E-state index is 5.40. The Labute approximate surface area is 232 Å². The molecule has 0 aliphatic rings. The summed E-state index contributed by atoms with van der Waals surface area (Å²) >= 11 is 0. The van der Waals surface area contributed by atoms with Crippen molar-refractivity contribution in [2.24, 2.45) is 0 Å². The number of ether oxygens (including phenoxy) is 2. The van der Waals surface area contributed by atoms with E-state index in [1.165, 1.54) is 75.3 Å². The standard InChI is InChI=1S/C32H54N4O2/c1-37-31-19-9-7-17-29(31)27-35-25-15-5-13-23-33-21-11-3-4-12-22-34-24-14-6-16-26-36-28-30-18-8-10-20-32(30)38-2/h7-10,17-20,33-36H,3-6,11-16,21-28H2,1-2H3. The molecule has 0 bridgehead atoms. The Morgan fingerprint density at radius 2 is 0.737 bits per heavy atom. The lowest BCUT2D eigenvalue weighted by Gasteiger charge is -2.09. The zero-order valence-corrected chi connectivity index (χ0v) is 24.2. The van der Waals surface area contributed by atoms with Gasteiger partial charge in [-0.3, -0.25) is 0 Å². The van der Waals surface area contributed by atoms with E-state index in [-0.39, 0.29) is 0 Å². The number of rotatable bonds is 25. The zero-order chi connectivity index (χ0) is 26.9. The van der Waals surface area contributed by atoms with Crippen LogP contribution < -0.4 is 30.7 Å². The number of unbranched alkanes of at least 4 members (excludes halogenated alkanes) is 7. The second-order valence-corrected chi connectivity index (χ2v) is 10.0. The second kappa shape index (κ2) is 22.8. The summed E-state index contributed by atoms with van der Waals surface area (Å²) < 4.78 is 10.8. The summed E-state index contributed by atoms with van der Waals surface area (Å²) in [5.74, 6) is 1.94. The third-order valence-electron chi connectivity index (χ3n) is 6.89. The predicted octanol–water partition coefficient (Wildman–Crippen LogP) is 5.66. The number of benzene rings is 2. The number of methoxy groups -OCH3 is 2. The molecule has 6 heteroatoms. The third-order valence-corrected chi connectivity index (χ3v) is 6.89. The molecule has 6 nitrogen and oxygen atoms in total. The Morgan fingerprint density at radius 3 is 1.11 bits per heavy atom. The lowest BCUT2D eigenvalue weighted by Crippen LogP contribution is -2.19. The summed E-state index contributed by atoms with van der Waals surface area (Å²) in [6.07, 6.45) is 12.8. The summed E-state index contributed by atoms with van der Waals surface area (Å²) in [6, 6.07) is 16.5. The first-order valence-corrected chi connectivity index (χ1v) is 14.9. The molecule has 0 spiro atoms.